The Morgan fingerprint density at radius 1 is 1.28 bits per heavy atom. The molecule has 0 bridgehead atoms. The summed E-state index contributed by atoms with van der Waals surface area (Å²) >= 11 is 6.60. The van der Waals surface area contributed by atoms with Crippen molar-refractivity contribution in [1.29, 1.82) is 0 Å². The Kier molecular flexibility index (Phi) is 5.92. The second-order valence-corrected chi connectivity index (χ2v) is 8.13. The van der Waals surface area contributed by atoms with Gasteiger partial charge in [-0.1, -0.05) is 36.7 Å². The van der Waals surface area contributed by atoms with Crippen LogP contribution in [-0.2, 0) is 5.60 Å². The van der Waals surface area contributed by atoms with E-state index in [2.05, 4.69) is 33.8 Å². The number of nitrogens with zero attached hydrogens (tertiary/aromatic N) is 3. The first-order chi connectivity index (χ1) is 13.6. The first-order valence-electron chi connectivity index (χ1n) is 9.71. The molecule has 2 atom stereocenters. The summed E-state index contributed by atoms with van der Waals surface area (Å²) in [4.78, 5) is 13.4. The lowest BCUT2D eigenvalue weighted by atomic mass is 10.0. The fraction of sp³-hybridized carbons (Fsp3) is 0.348. The molecule has 2 heterocycles. The lowest BCUT2D eigenvalue weighted by Crippen LogP contribution is -2.22. The number of nitrogens with one attached hydrogen (secondary N) is 1. The molecule has 0 radical (unpaired) electrons. The van der Waals surface area contributed by atoms with Gasteiger partial charge in [-0.15, -0.1) is 0 Å². The van der Waals surface area contributed by atoms with Crippen molar-refractivity contribution in [1.82, 2.24) is 15.0 Å². The monoisotopic (exact) mass is 410 g/mol. The predicted octanol–water partition coefficient (Wildman–Crippen LogP) is 5.65. The van der Waals surface area contributed by atoms with E-state index in [1.165, 1.54) is 0 Å². The minimum atomic E-state index is -1.04. The number of aliphatic hydroxyl groups is 1. The second-order valence-electron chi connectivity index (χ2n) is 7.75. The van der Waals surface area contributed by atoms with Crippen LogP contribution >= 0.6 is 11.6 Å². The summed E-state index contributed by atoms with van der Waals surface area (Å²) in [6, 6.07) is 6.07. The SMILES string of the molecule is C=C(C)C(C)Nc1c(Cl)c(C)nc2ccc(-c3cnc(C(C)(O)CC)nc3)cc12. The molecule has 0 fully saturated rings. The van der Waals surface area contributed by atoms with Gasteiger partial charge < -0.3 is 10.4 Å². The molecule has 29 heavy (non-hydrogen) atoms. The molecule has 0 amide bonds. The number of hydrogen-bond acceptors (Lipinski definition) is 5. The standard InChI is InChI=1S/C23H27ClN4O/c1-7-23(6,29)22-25-11-17(12-26-22)16-8-9-19-18(10-16)21(20(24)15(5)27-19)28-14(4)13(2)3/h8-12,14,29H,2,7H2,1,3-6H3,(H,27,28). The van der Waals surface area contributed by atoms with Crippen LogP contribution in [0.5, 0.6) is 0 Å². The molecule has 6 heteroatoms. The van der Waals surface area contributed by atoms with Gasteiger partial charge in [-0.3, -0.25) is 4.98 Å². The molecular formula is C23H27ClN4O. The molecule has 0 aliphatic rings. The lowest BCUT2D eigenvalue weighted by Gasteiger charge is -2.20. The van der Waals surface area contributed by atoms with Gasteiger partial charge in [0, 0.05) is 29.4 Å². The van der Waals surface area contributed by atoms with Crippen LogP contribution in [0.2, 0.25) is 5.02 Å². The van der Waals surface area contributed by atoms with E-state index >= 15 is 0 Å². The van der Waals surface area contributed by atoms with Gasteiger partial charge in [-0.25, -0.2) is 9.97 Å². The minimum Gasteiger partial charge on any atom is -0.382 e. The van der Waals surface area contributed by atoms with Crippen LogP contribution in [0.3, 0.4) is 0 Å². The lowest BCUT2D eigenvalue weighted by molar-refractivity contribution is 0.0436. The number of rotatable bonds is 6. The van der Waals surface area contributed by atoms with Crippen LogP contribution < -0.4 is 5.32 Å². The van der Waals surface area contributed by atoms with Gasteiger partial charge in [0.2, 0.25) is 0 Å². The van der Waals surface area contributed by atoms with Gasteiger partial charge >= 0.3 is 0 Å². The average molecular weight is 411 g/mol. The topological polar surface area (TPSA) is 70.9 Å². The van der Waals surface area contributed by atoms with Crippen molar-refractivity contribution >= 4 is 28.2 Å². The summed E-state index contributed by atoms with van der Waals surface area (Å²) in [6.45, 7) is 13.6. The van der Waals surface area contributed by atoms with Gasteiger partial charge in [-0.05, 0) is 51.8 Å². The van der Waals surface area contributed by atoms with Crippen molar-refractivity contribution in [3.63, 3.8) is 0 Å². The van der Waals surface area contributed by atoms with Gasteiger partial charge in [0.05, 0.1) is 21.9 Å². The number of aryl methyl sites for hydroxylation is 1. The Hall–Kier alpha value is -2.50. The van der Waals surface area contributed by atoms with E-state index in [0.717, 1.165) is 39.0 Å². The highest BCUT2D eigenvalue weighted by atomic mass is 35.5. The molecule has 2 aromatic heterocycles. The van der Waals surface area contributed by atoms with Crippen molar-refractivity contribution in [2.24, 2.45) is 0 Å². The maximum absolute atomic E-state index is 10.4. The summed E-state index contributed by atoms with van der Waals surface area (Å²) in [6.07, 6.45) is 4.02. The fourth-order valence-electron chi connectivity index (χ4n) is 2.94. The van der Waals surface area contributed by atoms with E-state index in [-0.39, 0.29) is 6.04 Å². The Labute approximate surface area is 176 Å². The number of pyridine rings is 1. The van der Waals surface area contributed by atoms with Crippen molar-refractivity contribution in [2.45, 2.75) is 52.7 Å². The normalized spacial score (nSPS) is 14.4. The Morgan fingerprint density at radius 3 is 2.52 bits per heavy atom. The largest absolute Gasteiger partial charge is 0.382 e. The van der Waals surface area contributed by atoms with E-state index in [1.807, 2.05) is 39.0 Å². The second kappa shape index (κ2) is 8.09. The smallest absolute Gasteiger partial charge is 0.159 e. The zero-order chi connectivity index (χ0) is 21.3. The molecule has 0 saturated heterocycles. The first kappa shape index (κ1) is 21.2. The molecule has 152 valence electrons. The molecule has 0 aliphatic heterocycles. The van der Waals surface area contributed by atoms with Gasteiger partial charge in [-0.2, -0.15) is 0 Å². The van der Waals surface area contributed by atoms with Crippen LogP contribution in [0, 0.1) is 6.92 Å². The van der Waals surface area contributed by atoms with E-state index < -0.39 is 5.60 Å². The van der Waals surface area contributed by atoms with Crippen molar-refractivity contribution in [2.75, 3.05) is 5.32 Å². The highest BCUT2D eigenvalue weighted by molar-refractivity contribution is 6.35. The van der Waals surface area contributed by atoms with Gasteiger partial charge in [0.25, 0.3) is 0 Å². The highest BCUT2D eigenvalue weighted by Gasteiger charge is 2.23. The summed E-state index contributed by atoms with van der Waals surface area (Å²) in [5, 5.41) is 15.4. The molecule has 1 aromatic carbocycles. The van der Waals surface area contributed by atoms with Crippen LogP contribution in [0.4, 0.5) is 5.69 Å². The maximum atomic E-state index is 10.4. The molecule has 0 saturated carbocycles. The Balaban J connectivity index is 2.09. The Bertz CT molecular complexity index is 1060. The summed E-state index contributed by atoms with van der Waals surface area (Å²) < 4.78 is 0. The number of halogens is 1. The summed E-state index contributed by atoms with van der Waals surface area (Å²) in [7, 11) is 0. The molecule has 3 aromatic rings. The molecular weight excluding hydrogens is 384 g/mol. The zero-order valence-electron chi connectivity index (χ0n) is 17.5. The molecule has 5 nitrogen and oxygen atoms in total. The number of fused-ring (bicyclic) bond motifs is 1. The van der Waals surface area contributed by atoms with Crippen molar-refractivity contribution in [3.05, 3.63) is 59.3 Å². The van der Waals surface area contributed by atoms with E-state index in [9.17, 15) is 5.11 Å². The molecule has 2 N–H and O–H groups in total. The van der Waals surface area contributed by atoms with E-state index in [4.69, 9.17) is 11.6 Å². The minimum absolute atomic E-state index is 0.0695. The molecule has 0 spiro atoms. The maximum Gasteiger partial charge on any atom is 0.159 e. The molecule has 2 unspecified atom stereocenters. The van der Waals surface area contributed by atoms with Gasteiger partial charge in [0.1, 0.15) is 5.60 Å². The van der Waals surface area contributed by atoms with Gasteiger partial charge in [0.15, 0.2) is 5.82 Å². The molecule has 0 aliphatic carbocycles. The van der Waals surface area contributed by atoms with E-state index in [1.54, 1.807) is 19.3 Å². The fourth-order valence-corrected chi connectivity index (χ4v) is 3.14. The average Bonchev–Trinajstić information content (AvgIpc) is 2.71. The van der Waals surface area contributed by atoms with Crippen molar-refractivity contribution < 1.29 is 5.11 Å². The Morgan fingerprint density at radius 2 is 1.93 bits per heavy atom. The highest BCUT2D eigenvalue weighted by Crippen LogP contribution is 2.35. The molecule has 3 rings (SSSR count). The van der Waals surface area contributed by atoms with Crippen LogP contribution in [-0.4, -0.2) is 26.1 Å². The third kappa shape index (κ3) is 4.26. The number of benzene rings is 1. The zero-order valence-corrected chi connectivity index (χ0v) is 18.3. The predicted molar refractivity (Wildman–Crippen MR) is 120 cm³/mol. The van der Waals surface area contributed by atoms with Crippen molar-refractivity contribution in [3.8, 4) is 11.1 Å². The number of aromatic nitrogens is 3. The van der Waals surface area contributed by atoms with Crippen LogP contribution in [0.25, 0.3) is 22.0 Å². The first-order valence-corrected chi connectivity index (χ1v) is 10.1. The number of hydrogen-bond donors (Lipinski definition) is 2. The van der Waals surface area contributed by atoms with Crippen LogP contribution in [0.1, 0.15) is 45.6 Å². The third-order valence-corrected chi connectivity index (χ3v) is 5.81. The van der Waals surface area contributed by atoms with E-state index in [0.29, 0.717) is 17.3 Å². The number of anilines is 1. The summed E-state index contributed by atoms with van der Waals surface area (Å²) in [5.74, 6) is 0.419. The third-order valence-electron chi connectivity index (χ3n) is 5.35. The van der Waals surface area contributed by atoms with Crippen LogP contribution in [0.15, 0.2) is 42.7 Å². The summed E-state index contributed by atoms with van der Waals surface area (Å²) in [5.41, 5.74) is 4.28. The quantitative estimate of drug-likeness (QED) is 0.514.